The second kappa shape index (κ2) is 23.3. The van der Waals surface area contributed by atoms with Crippen molar-refractivity contribution in [2.24, 2.45) is 0 Å². The van der Waals surface area contributed by atoms with Crippen LogP contribution in [0.15, 0.2) is 18.7 Å². The molecule has 14 heteroatoms. The third-order valence-electron chi connectivity index (χ3n) is 8.69. The molecule has 5 heterocycles. The summed E-state index contributed by atoms with van der Waals surface area (Å²) >= 11 is 3.27. The minimum Gasteiger partial charge on any atom is -0.315 e. The minimum absolute atomic E-state index is 0.0247. The molecule has 0 aliphatic rings. The Hall–Kier alpha value is -3.39. The highest BCUT2D eigenvalue weighted by atomic mass is 32.1. The lowest BCUT2D eigenvalue weighted by Gasteiger charge is -2.20. The minimum atomic E-state index is -0.0247. The van der Waals surface area contributed by atoms with Crippen molar-refractivity contribution in [2.45, 2.75) is 211 Å². The zero-order chi connectivity index (χ0) is 44.0. The highest BCUT2D eigenvalue weighted by Crippen LogP contribution is 2.30. The highest BCUT2D eigenvalue weighted by Gasteiger charge is 2.22. The summed E-state index contributed by atoms with van der Waals surface area (Å²) in [6.45, 7) is 47.5. The van der Waals surface area contributed by atoms with E-state index in [1.807, 2.05) is 17.1 Å². The van der Waals surface area contributed by atoms with Gasteiger partial charge in [-0.25, -0.2) is 13.4 Å². The lowest BCUT2D eigenvalue weighted by atomic mass is 9.95. The lowest BCUT2D eigenvalue weighted by molar-refractivity contribution is 0.330. The Labute approximate surface area is 354 Å². The average Bonchev–Trinajstić information content (AvgIpc) is 3.94. The van der Waals surface area contributed by atoms with Crippen LogP contribution >= 0.6 is 23.1 Å². The van der Waals surface area contributed by atoms with E-state index in [4.69, 9.17) is 0 Å². The van der Waals surface area contributed by atoms with E-state index in [2.05, 4.69) is 207 Å². The predicted molar refractivity (Wildman–Crippen MR) is 241 cm³/mol. The first-order chi connectivity index (χ1) is 26.2. The fourth-order valence-electron chi connectivity index (χ4n) is 5.54. The van der Waals surface area contributed by atoms with E-state index in [9.17, 15) is 0 Å². The van der Waals surface area contributed by atoms with Crippen LogP contribution in [0, 0.1) is 0 Å². The second-order valence-corrected chi connectivity index (χ2v) is 20.7. The number of nitrogens with one attached hydrogen (secondary N) is 1. The van der Waals surface area contributed by atoms with Crippen molar-refractivity contribution in [2.75, 3.05) is 0 Å². The predicted octanol–water partition coefficient (Wildman–Crippen LogP) is 12.5. The largest absolute Gasteiger partial charge is 0.315 e. The molecule has 57 heavy (non-hydrogen) atoms. The maximum Gasteiger partial charge on any atom is 0.154 e. The maximum absolute atomic E-state index is 4.21. The fourth-order valence-corrected chi connectivity index (χ4v) is 7.31. The normalized spacial score (nSPS) is 11.9. The summed E-state index contributed by atoms with van der Waals surface area (Å²) < 4.78 is 12.4. The molecule has 0 saturated heterocycles. The number of hydrogen-bond acceptors (Lipinski definition) is 11. The van der Waals surface area contributed by atoms with Gasteiger partial charge in [0.05, 0.1) is 16.9 Å². The van der Waals surface area contributed by atoms with Crippen molar-refractivity contribution in [1.82, 2.24) is 59.1 Å². The van der Waals surface area contributed by atoms with Gasteiger partial charge in [0.1, 0.15) is 12.2 Å². The summed E-state index contributed by atoms with van der Waals surface area (Å²) in [5.74, 6) is 5.79. The van der Waals surface area contributed by atoms with Crippen LogP contribution in [0.4, 0.5) is 0 Å². The number of rotatable bonds is 8. The number of aromatic nitrogens is 12. The Morgan fingerprint density at radius 1 is 0.561 bits per heavy atom. The summed E-state index contributed by atoms with van der Waals surface area (Å²) in [5.41, 5.74) is 5.10. The number of aromatic amines is 1. The molecule has 0 fully saturated rings. The third-order valence-corrected chi connectivity index (χ3v) is 10.9. The highest BCUT2D eigenvalue weighted by molar-refractivity contribution is 7.06. The van der Waals surface area contributed by atoms with E-state index in [0.717, 1.165) is 23.0 Å². The maximum atomic E-state index is 4.21. The molecule has 1 N–H and O–H groups in total. The van der Waals surface area contributed by atoms with Crippen molar-refractivity contribution in [3.8, 4) is 0 Å². The first-order valence-electron chi connectivity index (χ1n) is 20.7. The van der Waals surface area contributed by atoms with Crippen LogP contribution in [0.1, 0.15) is 244 Å². The van der Waals surface area contributed by atoms with E-state index in [0.29, 0.717) is 47.5 Å². The monoisotopic (exact) mass is 827 g/mol. The van der Waals surface area contributed by atoms with Crippen LogP contribution in [-0.2, 0) is 11.0 Å². The summed E-state index contributed by atoms with van der Waals surface area (Å²) in [6.07, 6.45) is 5.81. The molecule has 0 amide bonds. The smallest absolute Gasteiger partial charge is 0.154 e. The first kappa shape index (κ1) is 51.6. The van der Waals surface area contributed by atoms with Gasteiger partial charge in [-0.15, -0.1) is 15.3 Å². The van der Waals surface area contributed by atoms with Gasteiger partial charge in [0, 0.05) is 39.5 Å². The Bertz CT molecular complexity index is 1560. The third kappa shape index (κ3) is 16.4. The molecular weight excluding hydrogens is 749 g/mol. The first-order valence-corrected chi connectivity index (χ1v) is 22.3. The van der Waals surface area contributed by atoms with Gasteiger partial charge < -0.3 is 4.57 Å². The van der Waals surface area contributed by atoms with E-state index in [1.54, 1.807) is 29.4 Å². The van der Waals surface area contributed by atoms with Crippen LogP contribution in [0.2, 0.25) is 0 Å². The average molecular weight is 827 g/mol. The molecule has 12 nitrogen and oxygen atoms in total. The van der Waals surface area contributed by atoms with Gasteiger partial charge in [0.25, 0.3) is 0 Å². The van der Waals surface area contributed by atoms with Crippen molar-refractivity contribution in [3.05, 3.63) is 62.6 Å². The summed E-state index contributed by atoms with van der Waals surface area (Å²) in [5, 5.41) is 30.5. The Kier molecular flexibility index (Phi) is 21.1. The molecule has 0 aliphatic carbocycles. The van der Waals surface area contributed by atoms with Gasteiger partial charge in [-0.3, -0.25) is 0 Å². The van der Waals surface area contributed by atoms with Gasteiger partial charge >= 0.3 is 0 Å². The van der Waals surface area contributed by atoms with E-state index < -0.39 is 0 Å². The van der Waals surface area contributed by atoms with Crippen LogP contribution in [0.25, 0.3) is 0 Å². The quantitative estimate of drug-likeness (QED) is 0.162. The molecule has 322 valence electrons. The van der Waals surface area contributed by atoms with Gasteiger partial charge in [-0.2, -0.15) is 15.4 Å². The molecule has 0 radical (unpaired) electrons. The van der Waals surface area contributed by atoms with E-state index in [-0.39, 0.29) is 11.0 Å². The van der Waals surface area contributed by atoms with Gasteiger partial charge in [-0.1, -0.05) is 118 Å². The molecule has 0 atom stereocenters. The second-order valence-electron chi connectivity index (χ2n) is 19.0. The van der Waals surface area contributed by atoms with Crippen molar-refractivity contribution < 1.29 is 0 Å². The Balaban J connectivity index is 0.000000356. The molecule has 0 spiro atoms. The number of H-pyrrole nitrogens is 1. The topological polar surface area (TPSA) is 142 Å². The molecule has 0 aliphatic heterocycles. The molecule has 0 saturated carbocycles. The summed E-state index contributed by atoms with van der Waals surface area (Å²) in [4.78, 5) is 2.89. The van der Waals surface area contributed by atoms with Gasteiger partial charge in [0.2, 0.25) is 0 Å². The Morgan fingerprint density at radius 2 is 1.00 bits per heavy atom. The van der Waals surface area contributed by atoms with Crippen molar-refractivity contribution in [3.63, 3.8) is 0 Å². The Morgan fingerprint density at radius 3 is 1.26 bits per heavy atom. The van der Waals surface area contributed by atoms with Crippen molar-refractivity contribution >= 4 is 23.1 Å². The van der Waals surface area contributed by atoms with E-state index >= 15 is 0 Å². The van der Waals surface area contributed by atoms with Crippen molar-refractivity contribution in [1.29, 1.82) is 0 Å². The SMILES string of the molecule is CC(C)c1cnsc1C(C)C.CC(C)c1cnsc1C(C)C.CC(C)c1n[nH]nc1C(C)C.CC(C)c1nnnn1C(C)(C)C.CC(C)n1cnnc1C(C)(C)C. The number of nitrogens with zero attached hydrogens (tertiary/aromatic N) is 11. The zero-order valence-electron chi connectivity index (χ0n) is 39.6. The van der Waals surface area contributed by atoms with Gasteiger partial charge in [-0.05, 0) is 115 Å². The van der Waals surface area contributed by atoms with Crippen LogP contribution < -0.4 is 0 Å². The standard InChI is InChI=1S/C9H17N3.2C9H15NS.C8H16N4.C8H15N3/c1-7(2)12-6-10-11-8(12)9(3,4)5;2*1-6(2)8-5-10-11-9(8)7(3)4;1-6(2)7-9-10-11-12(7)8(3,4)5;1-5(2)7-8(6(3)4)10-11-9-7/h6-7H,1-5H3;2*5-7H,1-4H3;6H,1-5H3;5-6H,1-4H3,(H,9,10,11). The van der Waals surface area contributed by atoms with Crippen LogP contribution in [-0.4, -0.2) is 59.1 Å². The van der Waals surface area contributed by atoms with E-state index in [1.165, 1.54) is 20.9 Å². The number of hydrogen-bond donors (Lipinski definition) is 1. The number of tetrazole rings is 1. The summed E-state index contributed by atoms with van der Waals surface area (Å²) in [7, 11) is 0. The lowest BCUT2D eigenvalue weighted by Crippen LogP contribution is -2.26. The molecular formula is C43H78N12S2. The molecule has 5 aromatic heterocycles. The molecule has 5 rings (SSSR count). The molecule has 0 bridgehead atoms. The fraction of sp³-hybridized carbons (Fsp3) is 0.744. The van der Waals surface area contributed by atoms with Gasteiger partial charge in [0.15, 0.2) is 5.82 Å². The summed E-state index contributed by atoms with van der Waals surface area (Å²) in [6, 6.07) is 0.439. The van der Waals surface area contributed by atoms with Crippen LogP contribution in [0.3, 0.4) is 0 Å². The van der Waals surface area contributed by atoms with Crippen LogP contribution in [0.5, 0.6) is 0 Å². The molecule has 0 unspecified atom stereocenters. The zero-order valence-corrected chi connectivity index (χ0v) is 41.2. The molecule has 0 aromatic carbocycles. The molecule has 5 aromatic rings.